The number of carboxylic acid groups (broad SMARTS) is 1. The minimum Gasteiger partial charge on any atom is -0.480 e. The number of aliphatic carboxylic acids is 1. The predicted octanol–water partition coefficient (Wildman–Crippen LogP) is 1.48. The zero-order chi connectivity index (χ0) is 18.9. The normalized spacial score (nSPS) is 20.3. The number of hydrogen-bond acceptors (Lipinski definition) is 4. The van der Waals surface area contributed by atoms with Crippen LogP contribution in [-0.4, -0.2) is 66.9 Å². The minimum absolute atomic E-state index is 0.0487. The van der Waals surface area contributed by atoms with Gasteiger partial charge in [-0.3, -0.25) is 9.69 Å². The summed E-state index contributed by atoms with van der Waals surface area (Å²) in [5, 5.41) is 14.9. The molecule has 1 aromatic rings. The van der Waals surface area contributed by atoms with Crippen LogP contribution < -0.4 is 10.6 Å². The van der Waals surface area contributed by atoms with Gasteiger partial charge in [0.05, 0.1) is 19.2 Å². The number of amides is 2. The third kappa shape index (κ3) is 6.31. The van der Waals surface area contributed by atoms with Gasteiger partial charge in [-0.2, -0.15) is 0 Å². The van der Waals surface area contributed by atoms with E-state index in [0.717, 1.165) is 18.4 Å². The molecule has 0 aliphatic heterocycles. The molecule has 2 rings (SSSR count). The van der Waals surface area contributed by atoms with Gasteiger partial charge in [-0.25, -0.2) is 4.79 Å². The Hall–Kier alpha value is -2.12. The molecule has 1 saturated carbocycles. The van der Waals surface area contributed by atoms with Crippen molar-refractivity contribution in [1.82, 2.24) is 15.5 Å². The zero-order valence-corrected chi connectivity index (χ0v) is 15.5. The second kappa shape index (κ2) is 10.1. The standard InChI is InChI=1S/C19H29N3O4/c1-3-22(12-18(23)24)17-10-15(11-17)20-19(25)21-16(13-26-2)9-14-7-5-4-6-8-14/h4-8,15-17H,3,9-13H2,1-2H3,(H,23,24)(H2,20,21,25). The molecule has 1 fully saturated rings. The summed E-state index contributed by atoms with van der Waals surface area (Å²) in [4.78, 5) is 25.1. The van der Waals surface area contributed by atoms with Gasteiger partial charge in [0.15, 0.2) is 0 Å². The second-order valence-corrected chi connectivity index (χ2v) is 6.74. The lowest BCUT2D eigenvalue weighted by Gasteiger charge is -2.42. The van der Waals surface area contributed by atoms with E-state index < -0.39 is 5.97 Å². The average Bonchev–Trinajstić information content (AvgIpc) is 2.57. The molecule has 0 radical (unpaired) electrons. The van der Waals surface area contributed by atoms with Crippen LogP contribution in [0.15, 0.2) is 30.3 Å². The molecule has 1 aliphatic carbocycles. The Bertz CT molecular complexity index is 575. The van der Waals surface area contributed by atoms with Gasteiger partial charge in [0.25, 0.3) is 0 Å². The van der Waals surface area contributed by atoms with Gasteiger partial charge in [-0.1, -0.05) is 37.3 Å². The molecule has 0 saturated heterocycles. The molecule has 7 heteroatoms. The van der Waals surface area contributed by atoms with Crippen molar-refractivity contribution in [1.29, 1.82) is 0 Å². The summed E-state index contributed by atoms with van der Waals surface area (Å²) in [6.07, 6.45) is 2.27. The van der Waals surface area contributed by atoms with E-state index in [4.69, 9.17) is 9.84 Å². The van der Waals surface area contributed by atoms with Crippen LogP contribution in [0.3, 0.4) is 0 Å². The maximum absolute atomic E-state index is 12.3. The molecule has 144 valence electrons. The topological polar surface area (TPSA) is 90.9 Å². The molecule has 7 nitrogen and oxygen atoms in total. The van der Waals surface area contributed by atoms with Crippen molar-refractivity contribution in [2.45, 2.75) is 44.3 Å². The number of ether oxygens (including phenoxy) is 1. The van der Waals surface area contributed by atoms with E-state index in [1.807, 2.05) is 42.2 Å². The lowest BCUT2D eigenvalue weighted by molar-refractivity contribution is -0.139. The van der Waals surface area contributed by atoms with Crippen LogP contribution in [0.4, 0.5) is 4.79 Å². The number of methoxy groups -OCH3 is 1. The zero-order valence-electron chi connectivity index (χ0n) is 15.5. The number of nitrogens with zero attached hydrogens (tertiary/aromatic N) is 1. The van der Waals surface area contributed by atoms with Crippen molar-refractivity contribution in [2.24, 2.45) is 0 Å². The van der Waals surface area contributed by atoms with Gasteiger partial charge in [0, 0.05) is 19.2 Å². The Balaban J connectivity index is 1.76. The first-order chi connectivity index (χ1) is 12.5. The van der Waals surface area contributed by atoms with Crippen molar-refractivity contribution < 1.29 is 19.4 Å². The first-order valence-corrected chi connectivity index (χ1v) is 9.07. The highest BCUT2D eigenvalue weighted by Gasteiger charge is 2.34. The van der Waals surface area contributed by atoms with Crippen molar-refractivity contribution in [3.8, 4) is 0 Å². The summed E-state index contributed by atoms with van der Waals surface area (Å²) in [5.41, 5.74) is 1.14. The molecule has 0 bridgehead atoms. The van der Waals surface area contributed by atoms with Gasteiger partial charge in [0.1, 0.15) is 0 Å². The van der Waals surface area contributed by atoms with Crippen LogP contribution in [0.5, 0.6) is 0 Å². The highest BCUT2D eigenvalue weighted by atomic mass is 16.5. The fourth-order valence-corrected chi connectivity index (χ4v) is 3.34. The summed E-state index contributed by atoms with van der Waals surface area (Å²) >= 11 is 0. The van der Waals surface area contributed by atoms with Crippen LogP contribution in [0, 0.1) is 0 Å². The van der Waals surface area contributed by atoms with E-state index in [1.165, 1.54) is 0 Å². The molecule has 1 unspecified atom stereocenters. The number of benzene rings is 1. The first-order valence-electron chi connectivity index (χ1n) is 9.07. The van der Waals surface area contributed by atoms with E-state index in [0.29, 0.717) is 19.6 Å². The number of carbonyl (C=O) groups excluding carboxylic acids is 1. The molecule has 2 amide bonds. The van der Waals surface area contributed by atoms with Crippen molar-refractivity contribution in [3.05, 3.63) is 35.9 Å². The lowest BCUT2D eigenvalue weighted by atomic mass is 9.85. The molecule has 0 spiro atoms. The second-order valence-electron chi connectivity index (χ2n) is 6.74. The quantitative estimate of drug-likeness (QED) is 0.586. The third-order valence-electron chi connectivity index (χ3n) is 4.74. The Morgan fingerprint density at radius 1 is 1.31 bits per heavy atom. The molecular formula is C19H29N3O4. The van der Waals surface area contributed by atoms with Crippen molar-refractivity contribution in [3.63, 3.8) is 0 Å². The molecule has 0 aromatic heterocycles. The summed E-state index contributed by atoms with van der Waals surface area (Å²) in [7, 11) is 1.62. The van der Waals surface area contributed by atoms with Crippen LogP contribution in [0.2, 0.25) is 0 Å². The van der Waals surface area contributed by atoms with Crippen LogP contribution in [0.25, 0.3) is 0 Å². The fourth-order valence-electron chi connectivity index (χ4n) is 3.34. The fraction of sp³-hybridized carbons (Fsp3) is 0.579. The lowest BCUT2D eigenvalue weighted by Crippen LogP contribution is -2.57. The van der Waals surface area contributed by atoms with E-state index in [9.17, 15) is 9.59 Å². The van der Waals surface area contributed by atoms with Gasteiger partial charge in [0.2, 0.25) is 0 Å². The molecule has 1 aromatic carbocycles. The molecular weight excluding hydrogens is 334 g/mol. The van der Waals surface area contributed by atoms with Crippen molar-refractivity contribution in [2.75, 3.05) is 26.8 Å². The number of carboxylic acids is 1. The van der Waals surface area contributed by atoms with E-state index in [1.54, 1.807) is 7.11 Å². The first kappa shape index (κ1) is 20.2. The van der Waals surface area contributed by atoms with E-state index >= 15 is 0 Å². The summed E-state index contributed by atoms with van der Waals surface area (Å²) in [6, 6.07) is 9.98. The summed E-state index contributed by atoms with van der Waals surface area (Å²) in [6.45, 7) is 3.14. The van der Waals surface area contributed by atoms with E-state index in [2.05, 4.69) is 10.6 Å². The monoisotopic (exact) mass is 363 g/mol. The number of likely N-dealkylation sites (N-methyl/N-ethyl adjacent to an activating group) is 1. The van der Waals surface area contributed by atoms with Crippen LogP contribution in [0.1, 0.15) is 25.3 Å². The summed E-state index contributed by atoms with van der Waals surface area (Å²) in [5.74, 6) is -0.815. The Labute approximate surface area is 154 Å². The highest BCUT2D eigenvalue weighted by molar-refractivity contribution is 5.74. The van der Waals surface area contributed by atoms with Crippen molar-refractivity contribution >= 4 is 12.0 Å². The largest absolute Gasteiger partial charge is 0.480 e. The van der Waals surface area contributed by atoms with Gasteiger partial charge >= 0.3 is 12.0 Å². The number of carbonyl (C=O) groups is 2. The Morgan fingerprint density at radius 2 is 2.00 bits per heavy atom. The Kier molecular flexibility index (Phi) is 7.87. The van der Waals surface area contributed by atoms with E-state index in [-0.39, 0.29) is 30.7 Å². The summed E-state index contributed by atoms with van der Waals surface area (Å²) < 4.78 is 5.22. The van der Waals surface area contributed by atoms with Crippen LogP contribution >= 0.6 is 0 Å². The maximum Gasteiger partial charge on any atom is 0.317 e. The number of urea groups is 1. The van der Waals surface area contributed by atoms with Gasteiger partial charge < -0.3 is 20.5 Å². The van der Waals surface area contributed by atoms with Gasteiger partial charge in [-0.05, 0) is 31.4 Å². The number of hydrogen-bond donors (Lipinski definition) is 3. The maximum atomic E-state index is 12.3. The SMILES string of the molecule is CCN(CC(=O)O)C1CC(NC(=O)NC(COC)Cc2ccccc2)C1. The molecule has 1 aliphatic rings. The van der Waals surface area contributed by atoms with Crippen LogP contribution in [-0.2, 0) is 16.0 Å². The Morgan fingerprint density at radius 3 is 2.58 bits per heavy atom. The third-order valence-corrected chi connectivity index (χ3v) is 4.74. The highest BCUT2D eigenvalue weighted by Crippen LogP contribution is 2.25. The average molecular weight is 363 g/mol. The van der Waals surface area contributed by atoms with Gasteiger partial charge in [-0.15, -0.1) is 0 Å². The minimum atomic E-state index is -0.815. The molecule has 1 atom stereocenters. The molecule has 0 heterocycles. The number of rotatable bonds is 10. The smallest absolute Gasteiger partial charge is 0.317 e. The molecule has 3 N–H and O–H groups in total. The molecule has 26 heavy (non-hydrogen) atoms. The number of nitrogens with one attached hydrogen (secondary N) is 2. The predicted molar refractivity (Wildman–Crippen MR) is 99.2 cm³/mol.